The van der Waals surface area contributed by atoms with E-state index in [9.17, 15) is 9.59 Å². The summed E-state index contributed by atoms with van der Waals surface area (Å²) in [6, 6.07) is 16.8. The highest BCUT2D eigenvalue weighted by Crippen LogP contribution is 2.15. The molecule has 2 rings (SSSR count). The number of hydrogen-bond donors (Lipinski definition) is 2. The highest BCUT2D eigenvalue weighted by Gasteiger charge is 2.10. The Morgan fingerprint density at radius 2 is 1.64 bits per heavy atom. The number of hydrogen-bond acceptors (Lipinski definition) is 4. The van der Waals surface area contributed by atoms with Gasteiger partial charge in [-0.25, -0.2) is 0 Å². The molecule has 2 N–H and O–H groups in total. The maximum atomic E-state index is 12.0. The Morgan fingerprint density at radius 1 is 1.00 bits per heavy atom. The Hall–Kier alpha value is -2.47. The molecule has 6 heteroatoms. The minimum absolute atomic E-state index is 0.0533. The predicted octanol–water partition coefficient (Wildman–Crippen LogP) is 3.24. The van der Waals surface area contributed by atoms with E-state index in [0.717, 1.165) is 11.3 Å². The lowest BCUT2D eigenvalue weighted by Gasteiger charge is -2.14. The first-order valence-corrected chi connectivity index (χ1v) is 9.10. The minimum atomic E-state index is -0.140. The number of thioether (sulfide) groups is 1. The lowest BCUT2D eigenvalue weighted by molar-refractivity contribution is -0.119. The molecular weight excluding hydrogens is 336 g/mol. The number of anilines is 1. The average molecular weight is 358 g/mol. The number of carbonyl (C=O) groups excluding carboxylic acids is 2. The van der Waals surface area contributed by atoms with Crippen LogP contribution in [0, 0.1) is 0 Å². The second-order valence-electron chi connectivity index (χ2n) is 5.47. The van der Waals surface area contributed by atoms with Gasteiger partial charge in [-0.1, -0.05) is 30.3 Å². The third-order valence-corrected chi connectivity index (χ3v) is 4.45. The summed E-state index contributed by atoms with van der Waals surface area (Å²) in [4.78, 5) is 23.9. The van der Waals surface area contributed by atoms with Gasteiger partial charge in [0.05, 0.1) is 24.7 Å². The quantitative estimate of drug-likeness (QED) is 0.760. The van der Waals surface area contributed by atoms with Crippen molar-refractivity contribution in [3.05, 3.63) is 60.2 Å². The summed E-state index contributed by atoms with van der Waals surface area (Å²) < 4.78 is 5.07. The van der Waals surface area contributed by atoms with Crippen LogP contribution in [0.15, 0.2) is 54.6 Å². The Balaban J connectivity index is 1.68. The summed E-state index contributed by atoms with van der Waals surface area (Å²) in [5.41, 5.74) is 1.76. The zero-order valence-corrected chi connectivity index (χ0v) is 15.1. The summed E-state index contributed by atoms with van der Waals surface area (Å²) >= 11 is 1.28. The van der Waals surface area contributed by atoms with E-state index in [1.54, 1.807) is 31.4 Å². The van der Waals surface area contributed by atoms with Crippen LogP contribution in [0.2, 0.25) is 0 Å². The molecule has 0 saturated carbocycles. The van der Waals surface area contributed by atoms with Gasteiger partial charge in [0.25, 0.3) is 0 Å². The van der Waals surface area contributed by atoms with E-state index in [1.807, 2.05) is 37.3 Å². The van der Waals surface area contributed by atoms with Crippen LogP contribution in [0.25, 0.3) is 0 Å². The number of nitrogens with one attached hydrogen (secondary N) is 2. The third-order valence-electron chi connectivity index (χ3n) is 3.52. The molecule has 2 amide bonds. The van der Waals surface area contributed by atoms with Crippen LogP contribution in [0.4, 0.5) is 5.69 Å². The molecule has 0 radical (unpaired) electrons. The maximum absolute atomic E-state index is 12.0. The summed E-state index contributed by atoms with van der Waals surface area (Å²) in [7, 11) is 1.59. The normalized spacial score (nSPS) is 11.4. The van der Waals surface area contributed by atoms with Crippen molar-refractivity contribution >= 4 is 29.3 Å². The van der Waals surface area contributed by atoms with Gasteiger partial charge in [-0.15, -0.1) is 11.8 Å². The SMILES string of the molecule is COc1ccc(NC(=O)CSCC(=O)N[C@@H](C)c2ccccc2)cc1. The van der Waals surface area contributed by atoms with E-state index in [4.69, 9.17) is 4.74 Å². The molecule has 5 nitrogen and oxygen atoms in total. The van der Waals surface area contributed by atoms with Crippen LogP contribution >= 0.6 is 11.8 Å². The van der Waals surface area contributed by atoms with Crippen molar-refractivity contribution in [3.63, 3.8) is 0 Å². The van der Waals surface area contributed by atoms with Crippen molar-refractivity contribution in [2.24, 2.45) is 0 Å². The lowest BCUT2D eigenvalue weighted by Crippen LogP contribution is -2.28. The molecule has 0 heterocycles. The predicted molar refractivity (Wildman–Crippen MR) is 102 cm³/mol. The lowest BCUT2D eigenvalue weighted by atomic mass is 10.1. The molecule has 0 aliphatic heterocycles. The fourth-order valence-corrected chi connectivity index (χ4v) is 2.84. The number of amides is 2. The van der Waals surface area contributed by atoms with Gasteiger partial charge in [-0.2, -0.15) is 0 Å². The topological polar surface area (TPSA) is 67.4 Å². The fourth-order valence-electron chi connectivity index (χ4n) is 2.22. The smallest absolute Gasteiger partial charge is 0.234 e. The number of carbonyl (C=O) groups is 2. The molecule has 2 aromatic rings. The zero-order chi connectivity index (χ0) is 18.1. The maximum Gasteiger partial charge on any atom is 0.234 e. The average Bonchev–Trinajstić information content (AvgIpc) is 2.63. The summed E-state index contributed by atoms with van der Waals surface area (Å²) in [6.07, 6.45) is 0. The molecule has 0 unspecified atom stereocenters. The van der Waals surface area contributed by atoms with E-state index in [-0.39, 0.29) is 29.4 Å². The van der Waals surface area contributed by atoms with E-state index in [1.165, 1.54) is 11.8 Å². The van der Waals surface area contributed by atoms with Gasteiger partial charge in [0, 0.05) is 5.69 Å². The Labute approximate surface area is 152 Å². The summed E-state index contributed by atoms with van der Waals surface area (Å²) in [6.45, 7) is 1.94. The molecule has 2 aromatic carbocycles. The summed E-state index contributed by atoms with van der Waals surface area (Å²) in [5, 5.41) is 5.71. The van der Waals surface area contributed by atoms with Gasteiger partial charge in [0.15, 0.2) is 0 Å². The Bertz CT molecular complexity index is 690. The Morgan fingerprint density at radius 3 is 2.28 bits per heavy atom. The van der Waals surface area contributed by atoms with E-state index in [0.29, 0.717) is 5.69 Å². The van der Waals surface area contributed by atoms with Crippen LogP contribution in [0.1, 0.15) is 18.5 Å². The number of ether oxygens (including phenoxy) is 1. The first-order chi connectivity index (χ1) is 12.1. The van der Waals surface area contributed by atoms with Crippen LogP contribution in [0.5, 0.6) is 5.75 Å². The van der Waals surface area contributed by atoms with Crippen LogP contribution < -0.4 is 15.4 Å². The van der Waals surface area contributed by atoms with Crippen molar-refractivity contribution in [3.8, 4) is 5.75 Å². The molecule has 0 aromatic heterocycles. The molecule has 0 bridgehead atoms. The van der Waals surface area contributed by atoms with Gasteiger partial charge >= 0.3 is 0 Å². The first kappa shape index (κ1) is 18.9. The second-order valence-corrected chi connectivity index (χ2v) is 6.45. The number of benzene rings is 2. The summed E-state index contributed by atoms with van der Waals surface area (Å²) in [5.74, 6) is 0.973. The molecule has 0 saturated heterocycles. The number of rotatable bonds is 8. The van der Waals surface area contributed by atoms with Gasteiger partial charge in [-0.05, 0) is 36.8 Å². The molecule has 1 atom stereocenters. The van der Waals surface area contributed by atoms with Crippen LogP contribution in [-0.2, 0) is 9.59 Å². The first-order valence-electron chi connectivity index (χ1n) is 7.94. The van der Waals surface area contributed by atoms with Gasteiger partial charge in [-0.3, -0.25) is 9.59 Å². The zero-order valence-electron chi connectivity index (χ0n) is 14.3. The van der Waals surface area contributed by atoms with Crippen LogP contribution in [-0.4, -0.2) is 30.4 Å². The molecule has 0 aliphatic rings. The van der Waals surface area contributed by atoms with E-state index in [2.05, 4.69) is 10.6 Å². The Kier molecular flexibility index (Phi) is 7.35. The standard InChI is InChI=1S/C19H22N2O3S/c1-14(15-6-4-3-5-7-15)20-18(22)12-25-13-19(23)21-16-8-10-17(24-2)11-9-16/h3-11,14H,12-13H2,1-2H3,(H,20,22)(H,21,23)/t14-/m0/s1. The van der Waals surface area contributed by atoms with Crippen molar-refractivity contribution in [1.29, 1.82) is 0 Å². The van der Waals surface area contributed by atoms with Crippen LogP contribution in [0.3, 0.4) is 0 Å². The second kappa shape index (κ2) is 9.74. The van der Waals surface area contributed by atoms with Gasteiger partial charge in [0.2, 0.25) is 11.8 Å². The fraction of sp³-hybridized carbons (Fsp3) is 0.263. The van der Waals surface area contributed by atoms with E-state index >= 15 is 0 Å². The molecule has 0 spiro atoms. The van der Waals surface area contributed by atoms with Crippen molar-refractivity contribution < 1.29 is 14.3 Å². The number of methoxy groups -OCH3 is 1. The van der Waals surface area contributed by atoms with Crippen molar-refractivity contribution in [2.75, 3.05) is 23.9 Å². The molecule has 0 fully saturated rings. The van der Waals surface area contributed by atoms with Crippen molar-refractivity contribution in [1.82, 2.24) is 5.32 Å². The van der Waals surface area contributed by atoms with Gasteiger partial charge in [0.1, 0.15) is 5.75 Å². The molecule has 0 aliphatic carbocycles. The highest BCUT2D eigenvalue weighted by atomic mass is 32.2. The largest absolute Gasteiger partial charge is 0.497 e. The minimum Gasteiger partial charge on any atom is -0.497 e. The third kappa shape index (κ3) is 6.51. The molecule has 25 heavy (non-hydrogen) atoms. The molecule has 132 valence electrons. The van der Waals surface area contributed by atoms with Crippen molar-refractivity contribution in [2.45, 2.75) is 13.0 Å². The highest BCUT2D eigenvalue weighted by molar-refractivity contribution is 8.00. The monoisotopic (exact) mass is 358 g/mol. The van der Waals surface area contributed by atoms with Gasteiger partial charge < -0.3 is 15.4 Å². The molecular formula is C19H22N2O3S. The van der Waals surface area contributed by atoms with E-state index < -0.39 is 0 Å².